The highest BCUT2D eigenvalue weighted by Gasteiger charge is 2.17. The number of hydrogen-bond donors (Lipinski definition) is 1. The van der Waals surface area contributed by atoms with Gasteiger partial charge in [0.05, 0.1) is 14.2 Å². The highest BCUT2D eigenvalue weighted by Crippen LogP contribution is 2.32. The van der Waals surface area contributed by atoms with Crippen LogP contribution in [-0.4, -0.2) is 31.6 Å². The largest absolute Gasteiger partial charge is 0.612 e. The Labute approximate surface area is 157 Å². The molecule has 0 heterocycles. The summed E-state index contributed by atoms with van der Waals surface area (Å²) in [6, 6.07) is 9.73. The molecule has 0 saturated heterocycles. The Bertz CT molecular complexity index is 702. The van der Waals surface area contributed by atoms with Gasteiger partial charge >= 0.3 is 0 Å². The van der Waals surface area contributed by atoms with Crippen molar-refractivity contribution < 1.29 is 14.0 Å². The first-order valence-electron chi connectivity index (χ1n) is 7.99. The van der Waals surface area contributed by atoms with E-state index in [4.69, 9.17) is 21.1 Å². The summed E-state index contributed by atoms with van der Waals surface area (Å²) in [5.74, 6) is 1.36. The minimum Gasteiger partial charge on any atom is -0.612 e. The highest BCUT2D eigenvalue weighted by atomic mass is 35.5. The summed E-state index contributed by atoms with van der Waals surface area (Å²) in [6.45, 7) is 3.56. The molecule has 6 heteroatoms. The second-order valence-electron chi connectivity index (χ2n) is 5.83. The molecular weight excluding hydrogens is 358 g/mol. The molecular formula is C19H24ClNO3S. The fourth-order valence-corrected chi connectivity index (χ4v) is 3.73. The SMILES string of the molecule is COc1cc([S+](C)[O-])c(OC)cc1CCNCc1cc(C)cc(Cl)c1. The second-order valence-corrected chi connectivity index (χ2v) is 7.62. The van der Waals surface area contributed by atoms with Gasteiger partial charge in [-0.1, -0.05) is 17.7 Å². The molecule has 2 rings (SSSR count). The normalized spacial score (nSPS) is 12.1. The minimum absolute atomic E-state index is 0.627. The Balaban J connectivity index is 2.02. The predicted octanol–water partition coefficient (Wildman–Crippen LogP) is 3.74. The van der Waals surface area contributed by atoms with E-state index in [0.717, 1.165) is 47.0 Å². The number of rotatable bonds is 8. The molecule has 1 unspecified atom stereocenters. The van der Waals surface area contributed by atoms with Crippen LogP contribution in [-0.2, 0) is 24.1 Å². The van der Waals surface area contributed by atoms with Gasteiger partial charge in [0, 0.05) is 17.6 Å². The number of nitrogens with one attached hydrogen (secondary N) is 1. The van der Waals surface area contributed by atoms with Gasteiger partial charge in [0.25, 0.3) is 0 Å². The number of methoxy groups -OCH3 is 2. The van der Waals surface area contributed by atoms with Crippen molar-refractivity contribution in [1.82, 2.24) is 5.32 Å². The maximum Gasteiger partial charge on any atom is 0.198 e. The third-order valence-corrected chi connectivity index (χ3v) is 5.04. The molecule has 2 aromatic carbocycles. The van der Waals surface area contributed by atoms with E-state index in [1.165, 1.54) is 0 Å². The molecule has 2 aromatic rings. The van der Waals surface area contributed by atoms with Crippen molar-refractivity contribution in [2.24, 2.45) is 0 Å². The number of halogens is 1. The highest BCUT2D eigenvalue weighted by molar-refractivity contribution is 7.90. The molecule has 0 spiro atoms. The van der Waals surface area contributed by atoms with Gasteiger partial charge in [-0.25, -0.2) is 0 Å². The predicted molar refractivity (Wildman–Crippen MR) is 103 cm³/mol. The molecule has 136 valence electrons. The van der Waals surface area contributed by atoms with E-state index in [2.05, 4.69) is 11.4 Å². The molecule has 0 aromatic heterocycles. The molecule has 4 nitrogen and oxygen atoms in total. The zero-order valence-corrected chi connectivity index (χ0v) is 16.6. The number of benzene rings is 2. The Morgan fingerprint density at radius 1 is 1.08 bits per heavy atom. The van der Waals surface area contributed by atoms with Crippen molar-refractivity contribution in [2.75, 3.05) is 27.0 Å². The lowest BCUT2D eigenvalue weighted by atomic mass is 10.1. The second kappa shape index (κ2) is 9.34. The summed E-state index contributed by atoms with van der Waals surface area (Å²) in [6.07, 6.45) is 2.40. The van der Waals surface area contributed by atoms with Gasteiger partial charge in [-0.2, -0.15) is 0 Å². The average molecular weight is 382 g/mol. The van der Waals surface area contributed by atoms with Crippen molar-refractivity contribution in [3.63, 3.8) is 0 Å². The first kappa shape index (κ1) is 19.9. The zero-order valence-electron chi connectivity index (χ0n) is 15.0. The topological polar surface area (TPSA) is 53.5 Å². The van der Waals surface area contributed by atoms with Crippen molar-refractivity contribution >= 4 is 22.8 Å². The van der Waals surface area contributed by atoms with Gasteiger partial charge in [0.15, 0.2) is 10.6 Å². The molecule has 1 N–H and O–H groups in total. The van der Waals surface area contributed by atoms with Gasteiger partial charge in [0.2, 0.25) is 0 Å². The molecule has 0 fully saturated rings. The number of hydrogen-bond acceptors (Lipinski definition) is 4. The van der Waals surface area contributed by atoms with Gasteiger partial charge in [-0.05, 0) is 66.0 Å². The van der Waals surface area contributed by atoms with E-state index < -0.39 is 11.2 Å². The molecule has 0 saturated carbocycles. The summed E-state index contributed by atoms with van der Waals surface area (Å²) >= 11 is 4.96. The smallest absolute Gasteiger partial charge is 0.198 e. The Morgan fingerprint density at radius 2 is 1.80 bits per heavy atom. The quantitative estimate of drug-likeness (QED) is 0.559. The van der Waals surface area contributed by atoms with Crippen LogP contribution >= 0.6 is 11.6 Å². The van der Waals surface area contributed by atoms with Gasteiger partial charge in [0.1, 0.15) is 12.0 Å². The first-order chi connectivity index (χ1) is 11.9. The van der Waals surface area contributed by atoms with Crippen LogP contribution in [0.15, 0.2) is 35.2 Å². The molecule has 0 aliphatic heterocycles. The van der Waals surface area contributed by atoms with Crippen LogP contribution in [0.1, 0.15) is 16.7 Å². The summed E-state index contributed by atoms with van der Waals surface area (Å²) in [5.41, 5.74) is 3.33. The van der Waals surface area contributed by atoms with E-state index in [1.807, 2.05) is 25.1 Å². The third kappa shape index (κ3) is 5.54. The zero-order chi connectivity index (χ0) is 18.4. The maximum atomic E-state index is 11.8. The first-order valence-corrected chi connectivity index (χ1v) is 9.93. The lowest BCUT2D eigenvalue weighted by Crippen LogP contribution is -2.17. The van der Waals surface area contributed by atoms with Gasteiger partial charge in [-0.3, -0.25) is 0 Å². The molecule has 25 heavy (non-hydrogen) atoms. The van der Waals surface area contributed by atoms with E-state index in [1.54, 1.807) is 26.5 Å². The van der Waals surface area contributed by atoms with Crippen LogP contribution in [0.3, 0.4) is 0 Å². The molecule has 0 aliphatic rings. The lowest BCUT2D eigenvalue weighted by Gasteiger charge is -2.15. The van der Waals surface area contributed by atoms with E-state index in [-0.39, 0.29) is 0 Å². The summed E-state index contributed by atoms with van der Waals surface area (Å²) in [4.78, 5) is 0.644. The third-order valence-electron chi connectivity index (χ3n) is 3.88. The average Bonchev–Trinajstić information content (AvgIpc) is 2.57. The number of aryl methyl sites for hydroxylation is 1. The molecule has 0 aliphatic carbocycles. The summed E-state index contributed by atoms with van der Waals surface area (Å²) in [5, 5.41) is 4.17. The van der Waals surface area contributed by atoms with Crippen molar-refractivity contribution in [1.29, 1.82) is 0 Å². The van der Waals surface area contributed by atoms with Crippen molar-refractivity contribution in [2.45, 2.75) is 24.8 Å². The molecule has 0 bridgehead atoms. The fourth-order valence-electron chi connectivity index (χ4n) is 2.72. The molecule has 0 radical (unpaired) electrons. The Morgan fingerprint density at radius 3 is 2.40 bits per heavy atom. The maximum absolute atomic E-state index is 11.8. The van der Waals surface area contributed by atoms with Crippen LogP contribution in [0.4, 0.5) is 0 Å². The van der Waals surface area contributed by atoms with E-state index >= 15 is 0 Å². The van der Waals surface area contributed by atoms with Crippen LogP contribution in [0, 0.1) is 6.92 Å². The summed E-state index contributed by atoms with van der Waals surface area (Å²) in [7, 11) is 3.21. The molecule has 0 amide bonds. The van der Waals surface area contributed by atoms with Crippen LogP contribution in [0.2, 0.25) is 5.02 Å². The van der Waals surface area contributed by atoms with E-state index in [9.17, 15) is 4.55 Å². The molecule has 1 atom stereocenters. The van der Waals surface area contributed by atoms with Crippen molar-refractivity contribution in [3.05, 3.63) is 52.0 Å². The lowest BCUT2D eigenvalue weighted by molar-refractivity contribution is 0.388. The monoisotopic (exact) mass is 381 g/mol. The standard InChI is InChI=1S/C19H24ClNO3S/c1-13-7-14(9-16(20)8-13)12-21-6-5-15-10-18(24-3)19(25(4)22)11-17(15)23-2/h7-11,21H,5-6,12H2,1-4H3. The Kier molecular flexibility index (Phi) is 7.44. The van der Waals surface area contributed by atoms with Gasteiger partial charge < -0.3 is 19.3 Å². The van der Waals surface area contributed by atoms with Crippen LogP contribution in [0.5, 0.6) is 11.5 Å². The van der Waals surface area contributed by atoms with Crippen LogP contribution in [0.25, 0.3) is 0 Å². The van der Waals surface area contributed by atoms with Crippen LogP contribution < -0.4 is 14.8 Å². The van der Waals surface area contributed by atoms with E-state index in [0.29, 0.717) is 10.6 Å². The number of ether oxygens (including phenoxy) is 2. The Hall–Kier alpha value is -1.40. The van der Waals surface area contributed by atoms with Crippen molar-refractivity contribution in [3.8, 4) is 11.5 Å². The summed E-state index contributed by atoms with van der Waals surface area (Å²) < 4.78 is 22.6. The van der Waals surface area contributed by atoms with Gasteiger partial charge in [-0.15, -0.1) is 0 Å². The fraction of sp³-hybridized carbons (Fsp3) is 0.368. The minimum atomic E-state index is -1.13.